The third-order valence-corrected chi connectivity index (χ3v) is 6.11. The molecule has 3 aromatic rings. The molecule has 0 aliphatic carbocycles. The number of carbonyl (C=O) groups excluding carboxylic acids is 1. The first kappa shape index (κ1) is 23.4. The van der Waals surface area contributed by atoms with Gasteiger partial charge in [-0.3, -0.25) is 4.79 Å². The molecular weight excluding hydrogens is 428 g/mol. The summed E-state index contributed by atoms with van der Waals surface area (Å²) in [6.07, 6.45) is 5.03. The van der Waals surface area contributed by atoms with Gasteiger partial charge in [-0.2, -0.15) is 5.26 Å². The predicted octanol–water partition coefficient (Wildman–Crippen LogP) is 5.03. The Morgan fingerprint density at radius 1 is 1.12 bits per heavy atom. The van der Waals surface area contributed by atoms with Gasteiger partial charge in [0.15, 0.2) is 18.1 Å². The number of aromatic nitrogens is 2. The van der Waals surface area contributed by atoms with Crippen LogP contribution in [-0.4, -0.2) is 47.1 Å². The lowest BCUT2D eigenvalue weighted by Crippen LogP contribution is -2.38. The average Bonchev–Trinajstić information content (AvgIpc) is 3.25. The zero-order chi connectivity index (χ0) is 24.1. The summed E-state index contributed by atoms with van der Waals surface area (Å²) in [5.41, 5.74) is 5.25. The zero-order valence-corrected chi connectivity index (χ0v) is 20.0. The number of aryl methyl sites for hydroxylation is 2. The quantitative estimate of drug-likeness (QED) is 0.501. The summed E-state index contributed by atoms with van der Waals surface area (Å²) in [5.74, 6) is 1.56. The van der Waals surface area contributed by atoms with Gasteiger partial charge in [-0.25, -0.2) is 4.98 Å². The first-order valence-corrected chi connectivity index (χ1v) is 11.7. The van der Waals surface area contributed by atoms with Crippen molar-refractivity contribution in [3.05, 3.63) is 52.8 Å². The van der Waals surface area contributed by atoms with Gasteiger partial charge in [-0.15, -0.1) is 0 Å². The monoisotopic (exact) mass is 458 g/mol. The second kappa shape index (κ2) is 10.4. The number of amides is 1. The molecule has 0 unspecified atom stereocenters. The van der Waals surface area contributed by atoms with Crippen LogP contribution in [0.25, 0.3) is 22.7 Å². The van der Waals surface area contributed by atoms with Crippen molar-refractivity contribution in [1.29, 1.82) is 5.26 Å². The van der Waals surface area contributed by atoms with Gasteiger partial charge in [0.1, 0.15) is 11.9 Å². The molecule has 34 heavy (non-hydrogen) atoms. The Hall–Kier alpha value is -3.79. The summed E-state index contributed by atoms with van der Waals surface area (Å²) in [5, 5.41) is 9.80. The van der Waals surface area contributed by atoms with Crippen molar-refractivity contribution >= 4 is 28.6 Å². The lowest BCUT2D eigenvalue weighted by atomic mass is 10.1. The van der Waals surface area contributed by atoms with Gasteiger partial charge in [0.05, 0.1) is 23.2 Å². The van der Waals surface area contributed by atoms with E-state index in [0.29, 0.717) is 29.5 Å². The number of likely N-dealkylation sites (tertiary alicyclic amines) is 1. The fraction of sp³-hybridized carbons (Fsp3) is 0.370. The Labute approximate surface area is 200 Å². The van der Waals surface area contributed by atoms with E-state index in [2.05, 4.69) is 23.0 Å². The average molecular weight is 459 g/mol. The van der Waals surface area contributed by atoms with Crippen LogP contribution >= 0.6 is 0 Å². The number of benzene rings is 2. The number of ether oxygens (including phenoxy) is 2. The van der Waals surface area contributed by atoms with E-state index in [4.69, 9.17) is 9.47 Å². The molecule has 1 amide bonds. The Kier molecular flexibility index (Phi) is 7.17. The summed E-state index contributed by atoms with van der Waals surface area (Å²) in [6.45, 7) is 8.01. The van der Waals surface area contributed by atoms with E-state index in [9.17, 15) is 10.1 Å². The second-order valence-electron chi connectivity index (χ2n) is 8.58. The van der Waals surface area contributed by atoms with E-state index >= 15 is 0 Å². The number of hydrogen-bond donors (Lipinski definition) is 1. The van der Waals surface area contributed by atoms with Crippen LogP contribution in [0.3, 0.4) is 0 Å². The predicted molar refractivity (Wildman–Crippen MR) is 133 cm³/mol. The molecule has 1 aliphatic rings. The first-order chi connectivity index (χ1) is 16.5. The van der Waals surface area contributed by atoms with Gasteiger partial charge in [-0.05, 0) is 87.1 Å². The Morgan fingerprint density at radius 2 is 1.88 bits per heavy atom. The third-order valence-electron chi connectivity index (χ3n) is 6.11. The number of H-pyrrole nitrogens is 1. The highest BCUT2D eigenvalue weighted by Crippen LogP contribution is 2.30. The molecule has 0 radical (unpaired) electrons. The van der Waals surface area contributed by atoms with Gasteiger partial charge >= 0.3 is 0 Å². The molecule has 0 saturated carbocycles. The van der Waals surface area contributed by atoms with Crippen LogP contribution < -0.4 is 9.47 Å². The molecule has 176 valence electrons. The maximum absolute atomic E-state index is 12.5. The molecule has 1 aromatic heterocycles. The number of allylic oxidation sites excluding steroid dienone is 1. The Bertz CT molecular complexity index is 1220. The van der Waals surface area contributed by atoms with Crippen molar-refractivity contribution in [2.45, 2.75) is 40.0 Å². The topological polar surface area (TPSA) is 91.2 Å². The fourth-order valence-electron chi connectivity index (χ4n) is 4.09. The van der Waals surface area contributed by atoms with Crippen molar-refractivity contribution in [1.82, 2.24) is 14.9 Å². The summed E-state index contributed by atoms with van der Waals surface area (Å²) in [7, 11) is 0. The van der Waals surface area contributed by atoms with E-state index in [1.165, 1.54) is 12.0 Å². The smallest absolute Gasteiger partial charge is 0.260 e. The van der Waals surface area contributed by atoms with Crippen LogP contribution in [0, 0.1) is 25.2 Å². The highest BCUT2D eigenvalue weighted by Gasteiger charge is 2.18. The number of nitriles is 1. The zero-order valence-electron chi connectivity index (χ0n) is 20.0. The SMILES string of the molecule is CCOc1cc(/C=C(\C#N)c2nc3cc(C)c(C)cc3[nH]2)ccc1OCC(=O)N1CCCCC1. The number of carbonyl (C=O) groups is 1. The number of rotatable bonds is 7. The van der Waals surface area contributed by atoms with Crippen LogP contribution in [0.4, 0.5) is 0 Å². The number of aromatic amines is 1. The lowest BCUT2D eigenvalue weighted by molar-refractivity contribution is -0.134. The number of fused-ring (bicyclic) bond motifs is 1. The van der Waals surface area contributed by atoms with Crippen molar-refractivity contribution in [2.75, 3.05) is 26.3 Å². The van der Waals surface area contributed by atoms with E-state index in [-0.39, 0.29) is 12.5 Å². The van der Waals surface area contributed by atoms with E-state index < -0.39 is 0 Å². The molecule has 2 aromatic carbocycles. The number of hydrogen-bond acceptors (Lipinski definition) is 5. The van der Waals surface area contributed by atoms with Crippen LogP contribution in [-0.2, 0) is 4.79 Å². The lowest BCUT2D eigenvalue weighted by Gasteiger charge is -2.26. The largest absolute Gasteiger partial charge is 0.490 e. The minimum Gasteiger partial charge on any atom is -0.490 e. The molecule has 2 heterocycles. The van der Waals surface area contributed by atoms with Crippen LogP contribution in [0.15, 0.2) is 30.3 Å². The molecule has 4 rings (SSSR count). The molecule has 1 fully saturated rings. The maximum Gasteiger partial charge on any atom is 0.260 e. The molecule has 1 N–H and O–H groups in total. The molecule has 0 spiro atoms. The van der Waals surface area contributed by atoms with Crippen LogP contribution in [0.2, 0.25) is 0 Å². The van der Waals surface area contributed by atoms with Crippen molar-refractivity contribution in [2.24, 2.45) is 0 Å². The van der Waals surface area contributed by atoms with Gasteiger partial charge in [-0.1, -0.05) is 6.07 Å². The second-order valence-corrected chi connectivity index (χ2v) is 8.58. The van der Waals surface area contributed by atoms with Crippen molar-refractivity contribution in [3.8, 4) is 17.6 Å². The molecule has 1 saturated heterocycles. The number of piperidine rings is 1. The van der Waals surface area contributed by atoms with Gasteiger partial charge in [0.2, 0.25) is 0 Å². The standard InChI is InChI=1S/C27H30N4O3/c1-4-33-25-15-20(8-9-24(25)34-17-26(32)31-10-6-5-7-11-31)14-21(16-28)27-29-22-12-18(2)19(3)13-23(22)30-27/h8-9,12-15H,4-7,10-11,17H2,1-3H3,(H,29,30)/b21-14+. The van der Waals surface area contributed by atoms with Crippen molar-refractivity contribution in [3.63, 3.8) is 0 Å². The Morgan fingerprint density at radius 3 is 2.62 bits per heavy atom. The minimum absolute atomic E-state index is 0.00625. The summed E-state index contributed by atoms with van der Waals surface area (Å²) < 4.78 is 11.6. The molecule has 0 bridgehead atoms. The highest BCUT2D eigenvalue weighted by atomic mass is 16.5. The molecule has 7 nitrogen and oxygen atoms in total. The molecular formula is C27H30N4O3. The molecule has 7 heteroatoms. The minimum atomic E-state index is -0.0173. The summed E-state index contributed by atoms with van der Waals surface area (Å²) in [4.78, 5) is 22.2. The number of nitrogens with one attached hydrogen (secondary N) is 1. The summed E-state index contributed by atoms with van der Waals surface area (Å²) >= 11 is 0. The van der Waals surface area contributed by atoms with Crippen LogP contribution in [0.1, 0.15) is 48.7 Å². The van der Waals surface area contributed by atoms with Gasteiger partial charge in [0, 0.05) is 13.1 Å². The molecule has 0 atom stereocenters. The third kappa shape index (κ3) is 5.23. The molecule has 1 aliphatic heterocycles. The highest BCUT2D eigenvalue weighted by molar-refractivity contribution is 5.90. The first-order valence-electron chi connectivity index (χ1n) is 11.7. The van der Waals surface area contributed by atoms with Crippen molar-refractivity contribution < 1.29 is 14.3 Å². The Balaban J connectivity index is 1.55. The van der Waals surface area contributed by atoms with E-state index in [1.54, 1.807) is 12.1 Å². The fourth-order valence-corrected chi connectivity index (χ4v) is 4.09. The number of nitrogens with zero attached hydrogens (tertiary/aromatic N) is 3. The normalized spacial score (nSPS) is 14.2. The van der Waals surface area contributed by atoms with Gasteiger partial charge in [0.25, 0.3) is 5.91 Å². The van der Waals surface area contributed by atoms with E-state index in [1.807, 2.05) is 43.0 Å². The van der Waals surface area contributed by atoms with Gasteiger partial charge < -0.3 is 19.4 Å². The summed E-state index contributed by atoms with van der Waals surface area (Å²) in [6, 6.07) is 11.7. The maximum atomic E-state index is 12.5. The number of imidazole rings is 1. The van der Waals surface area contributed by atoms with Crippen LogP contribution in [0.5, 0.6) is 11.5 Å². The van der Waals surface area contributed by atoms with E-state index in [0.717, 1.165) is 48.1 Å².